The number of methoxy groups -OCH3 is 2. The van der Waals surface area contributed by atoms with Crippen molar-refractivity contribution in [2.24, 2.45) is 0 Å². The number of carbonyl (C=O) groups excluding carboxylic acids is 3. The number of benzene rings is 2. The molecular formula is C31H38O11. The average Bonchev–Trinajstić information content (AvgIpc) is 3.00. The van der Waals surface area contributed by atoms with Gasteiger partial charge in [-0.25, -0.2) is 9.59 Å². The fraction of sp³-hybridized carbons (Fsp3) is 0.387. The van der Waals surface area contributed by atoms with Crippen LogP contribution in [0.1, 0.15) is 43.6 Å². The summed E-state index contributed by atoms with van der Waals surface area (Å²) in [6.07, 6.45) is 0.466. The molecule has 0 saturated heterocycles. The van der Waals surface area contributed by atoms with E-state index < -0.39 is 24.5 Å². The van der Waals surface area contributed by atoms with Crippen LogP contribution in [0.5, 0.6) is 11.5 Å². The normalized spacial score (nSPS) is 11.9. The molecule has 0 spiro atoms. The van der Waals surface area contributed by atoms with Gasteiger partial charge in [0.05, 0.1) is 26.4 Å². The molecule has 0 saturated carbocycles. The Kier molecular flexibility index (Phi) is 15.0. The van der Waals surface area contributed by atoms with E-state index in [1.54, 1.807) is 76.2 Å². The van der Waals surface area contributed by atoms with Gasteiger partial charge in [0.25, 0.3) is 0 Å². The molecule has 11 nitrogen and oxygen atoms in total. The summed E-state index contributed by atoms with van der Waals surface area (Å²) in [5.74, 6) is -0.572. The maximum absolute atomic E-state index is 13.1. The number of hydrogen-bond donors (Lipinski definition) is 0. The van der Waals surface area contributed by atoms with Gasteiger partial charge in [-0.15, -0.1) is 0 Å². The van der Waals surface area contributed by atoms with Crippen molar-refractivity contribution in [1.82, 2.24) is 0 Å². The molecule has 2 rings (SSSR count). The van der Waals surface area contributed by atoms with Crippen molar-refractivity contribution in [3.63, 3.8) is 0 Å². The highest BCUT2D eigenvalue weighted by Crippen LogP contribution is 2.23. The van der Waals surface area contributed by atoms with Crippen molar-refractivity contribution in [2.75, 3.05) is 40.6 Å². The molecule has 0 atom stereocenters. The monoisotopic (exact) mass is 586 g/mol. The summed E-state index contributed by atoms with van der Waals surface area (Å²) < 4.78 is 43.3. The van der Waals surface area contributed by atoms with Gasteiger partial charge < -0.3 is 37.9 Å². The Hall–Kier alpha value is -4.03. The van der Waals surface area contributed by atoms with Gasteiger partial charge in [0.15, 0.2) is 17.3 Å². The number of ketones is 1. The van der Waals surface area contributed by atoms with Gasteiger partial charge in [0, 0.05) is 37.6 Å². The molecule has 2 aromatic rings. The summed E-state index contributed by atoms with van der Waals surface area (Å²) in [7, 11) is 2.50. The molecular weight excluding hydrogens is 548 g/mol. The third-order valence-electron chi connectivity index (χ3n) is 5.36. The first-order valence-corrected chi connectivity index (χ1v) is 13.5. The lowest BCUT2D eigenvalue weighted by Crippen LogP contribution is -2.24. The van der Waals surface area contributed by atoms with Crippen LogP contribution < -0.4 is 9.47 Å². The second-order valence-corrected chi connectivity index (χ2v) is 8.21. The minimum atomic E-state index is -0.915. The van der Waals surface area contributed by atoms with E-state index in [4.69, 9.17) is 37.9 Å². The zero-order chi connectivity index (χ0) is 30.9. The van der Waals surface area contributed by atoms with Gasteiger partial charge >= 0.3 is 11.9 Å². The molecule has 0 unspecified atom stereocenters. The number of hydrogen-bond acceptors (Lipinski definition) is 11. The number of carbonyl (C=O) groups is 3. The van der Waals surface area contributed by atoms with Crippen molar-refractivity contribution in [3.8, 4) is 11.5 Å². The van der Waals surface area contributed by atoms with Crippen LogP contribution in [0, 0.1) is 0 Å². The van der Waals surface area contributed by atoms with E-state index in [9.17, 15) is 14.4 Å². The number of ether oxygens (including phenoxy) is 8. The molecule has 0 aromatic heterocycles. The van der Waals surface area contributed by atoms with Crippen molar-refractivity contribution in [2.45, 2.75) is 40.3 Å². The maximum Gasteiger partial charge on any atom is 0.334 e. The fourth-order valence-electron chi connectivity index (χ4n) is 3.46. The third kappa shape index (κ3) is 10.7. The van der Waals surface area contributed by atoms with Crippen LogP contribution in [0.15, 0.2) is 72.2 Å². The number of esters is 2. The van der Waals surface area contributed by atoms with E-state index in [1.165, 1.54) is 14.2 Å². The molecule has 2 aromatic carbocycles. The van der Waals surface area contributed by atoms with Crippen molar-refractivity contribution in [1.29, 1.82) is 0 Å². The SMILES string of the molecule is CCOC(OCC)C(=CC(=O)OC)Oc1ccc(C(=O)c2ccc(O/C(=C\C(=O)OC)C(OCC)OCC)cc2)cc1. The van der Waals surface area contributed by atoms with E-state index in [0.717, 1.165) is 12.2 Å². The van der Waals surface area contributed by atoms with Crippen molar-refractivity contribution in [3.05, 3.63) is 83.3 Å². The molecule has 0 aliphatic rings. The largest absolute Gasteiger partial charge is 0.466 e. The van der Waals surface area contributed by atoms with E-state index in [2.05, 4.69) is 0 Å². The van der Waals surface area contributed by atoms with Gasteiger partial charge in [0.2, 0.25) is 12.6 Å². The zero-order valence-corrected chi connectivity index (χ0v) is 24.7. The Labute approximate surface area is 245 Å². The molecule has 0 heterocycles. The van der Waals surface area contributed by atoms with Gasteiger partial charge in [-0.3, -0.25) is 4.79 Å². The fourth-order valence-corrected chi connectivity index (χ4v) is 3.46. The lowest BCUT2D eigenvalue weighted by atomic mass is 10.0. The van der Waals surface area contributed by atoms with Gasteiger partial charge in [0.1, 0.15) is 11.5 Å². The van der Waals surface area contributed by atoms with Crippen LogP contribution in [-0.2, 0) is 38.0 Å². The van der Waals surface area contributed by atoms with Gasteiger partial charge in [-0.05, 0) is 76.2 Å². The topological polar surface area (TPSA) is 125 Å². The van der Waals surface area contributed by atoms with E-state index in [-0.39, 0.29) is 17.3 Å². The van der Waals surface area contributed by atoms with Crippen LogP contribution in [-0.4, -0.2) is 70.9 Å². The first-order chi connectivity index (χ1) is 20.3. The summed E-state index contributed by atoms with van der Waals surface area (Å²) in [5.41, 5.74) is 0.805. The van der Waals surface area contributed by atoms with Crippen molar-refractivity contribution >= 4 is 17.7 Å². The molecule has 42 heavy (non-hydrogen) atoms. The summed E-state index contributed by atoms with van der Waals surface area (Å²) in [6, 6.07) is 12.8. The molecule has 0 aliphatic heterocycles. The minimum absolute atomic E-state index is 0.108. The molecule has 0 aliphatic carbocycles. The summed E-state index contributed by atoms with van der Waals surface area (Å²) >= 11 is 0. The first kappa shape index (κ1) is 34.2. The van der Waals surface area contributed by atoms with Gasteiger partial charge in [-0.1, -0.05) is 0 Å². The Morgan fingerprint density at radius 3 is 1.14 bits per heavy atom. The Balaban J connectivity index is 2.21. The average molecular weight is 587 g/mol. The van der Waals surface area contributed by atoms with E-state index in [0.29, 0.717) is 49.1 Å². The first-order valence-electron chi connectivity index (χ1n) is 13.5. The highest BCUT2D eigenvalue weighted by atomic mass is 16.7. The quantitative estimate of drug-likeness (QED) is 0.0801. The second-order valence-electron chi connectivity index (χ2n) is 8.21. The molecule has 228 valence electrons. The summed E-state index contributed by atoms with van der Waals surface area (Å²) in [6.45, 7) is 8.46. The predicted octanol–water partition coefficient (Wildman–Crippen LogP) is 4.59. The Bertz CT molecular complexity index is 1090. The lowest BCUT2D eigenvalue weighted by molar-refractivity contribution is -0.139. The maximum atomic E-state index is 13.1. The lowest BCUT2D eigenvalue weighted by Gasteiger charge is -2.20. The van der Waals surface area contributed by atoms with E-state index in [1.807, 2.05) is 0 Å². The highest BCUT2D eigenvalue weighted by Gasteiger charge is 2.21. The van der Waals surface area contributed by atoms with Crippen LogP contribution in [0.2, 0.25) is 0 Å². The molecule has 0 N–H and O–H groups in total. The highest BCUT2D eigenvalue weighted by molar-refractivity contribution is 6.09. The van der Waals surface area contributed by atoms with Crippen molar-refractivity contribution < 1.29 is 52.3 Å². The molecule has 0 amide bonds. The zero-order valence-electron chi connectivity index (χ0n) is 24.7. The van der Waals surface area contributed by atoms with Crippen LogP contribution in [0.3, 0.4) is 0 Å². The standard InChI is InChI=1S/C31H38O11/c1-7-37-30(38-8-2)25(19-27(32)35-5)41-23-15-11-21(12-16-23)29(34)22-13-17-24(18-14-22)42-26(20-28(33)36-6)31(39-9-3)40-10-4/h11-20,30-31H,7-10H2,1-6H3/b25-19-,26-20?. The predicted molar refractivity (Wildman–Crippen MR) is 152 cm³/mol. The smallest absolute Gasteiger partial charge is 0.334 e. The number of rotatable bonds is 18. The Morgan fingerprint density at radius 2 is 0.881 bits per heavy atom. The van der Waals surface area contributed by atoms with E-state index >= 15 is 0 Å². The van der Waals surface area contributed by atoms with Crippen LogP contribution in [0.4, 0.5) is 0 Å². The third-order valence-corrected chi connectivity index (χ3v) is 5.36. The molecule has 0 fully saturated rings. The molecule has 0 bridgehead atoms. The summed E-state index contributed by atoms with van der Waals surface area (Å²) in [5, 5.41) is 0. The van der Waals surface area contributed by atoms with Crippen LogP contribution >= 0.6 is 0 Å². The second kappa shape index (κ2) is 18.4. The summed E-state index contributed by atoms with van der Waals surface area (Å²) in [4.78, 5) is 36.9. The minimum Gasteiger partial charge on any atom is -0.466 e. The van der Waals surface area contributed by atoms with Crippen LogP contribution in [0.25, 0.3) is 0 Å². The molecule has 0 radical (unpaired) electrons. The Morgan fingerprint density at radius 1 is 0.571 bits per heavy atom. The van der Waals surface area contributed by atoms with Gasteiger partial charge in [-0.2, -0.15) is 0 Å². The molecule has 11 heteroatoms.